The Morgan fingerprint density at radius 3 is 2.32 bits per heavy atom. The van der Waals surface area contributed by atoms with Crippen molar-refractivity contribution in [2.75, 3.05) is 18.5 Å². The highest BCUT2D eigenvalue weighted by Gasteiger charge is 2.17. The number of halogens is 1. The zero-order chi connectivity index (χ0) is 14.6. The van der Waals surface area contributed by atoms with E-state index in [1.54, 1.807) is 6.07 Å². The van der Waals surface area contributed by atoms with Gasteiger partial charge in [-0.05, 0) is 44.0 Å². The number of nitrogens with zero attached hydrogens (tertiary/aromatic N) is 1. The first kappa shape index (κ1) is 16.0. The van der Waals surface area contributed by atoms with Gasteiger partial charge in [0.2, 0.25) is 0 Å². The summed E-state index contributed by atoms with van der Waals surface area (Å²) >= 11 is 0. The van der Waals surface area contributed by atoms with Crippen LogP contribution in [0.2, 0.25) is 0 Å². The molecule has 1 rings (SSSR count). The van der Waals surface area contributed by atoms with Gasteiger partial charge in [0.1, 0.15) is 5.82 Å². The molecule has 0 bridgehead atoms. The lowest BCUT2D eigenvalue weighted by Gasteiger charge is -2.30. The lowest BCUT2D eigenvalue weighted by Crippen LogP contribution is -2.33. The third-order valence-corrected chi connectivity index (χ3v) is 3.94. The zero-order valence-electron chi connectivity index (χ0n) is 13.0. The predicted octanol–water partition coefficient (Wildman–Crippen LogP) is 3.98. The molecule has 1 aromatic rings. The monoisotopic (exact) mass is 266 g/mol. The molecule has 0 heterocycles. The van der Waals surface area contributed by atoms with Crippen LogP contribution in [0.1, 0.15) is 46.2 Å². The van der Waals surface area contributed by atoms with Gasteiger partial charge in [-0.1, -0.05) is 26.8 Å². The molecule has 2 atom stereocenters. The van der Waals surface area contributed by atoms with Gasteiger partial charge >= 0.3 is 0 Å². The van der Waals surface area contributed by atoms with Gasteiger partial charge in [0.15, 0.2) is 0 Å². The van der Waals surface area contributed by atoms with Crippen molar-refractivity contribution in [3.63, 3.8) is 0 Å². The van der Waals surface area contributed by atoms with Crippen molar-refractivity contribution in [3.8, 4) is 0 Å². The van der Waals surface area contributed by atoms with Gasteiger partial charge in [-0.25, -0.2) is 4.39 Å². The van der Waals surface area contributed by atoms with Crippen LogP contribution in [0.5, 0.6) is 0 Å². The molecule has 0 saturated heterocycles. The van der Waals surface area contributed by atoms with E-state index in [2.05, 4.69) is 39.9 Å². The topological polar surface area (TPSA) is 15.3 Å². The standard InChI is InChI=1S/C16H27FN2/c1-7-18-12(4)14-8-9-16(15(17)10-14)19(6)13(5)11(2)3/h8-13,18H,7H2,1-6H3. The molecule has 0 aromatic heterocycles. The lowest BCUT2D eigenvalue weighted by atomic mass is 10.0. The van der Waals surface area contributed by atoms with E-state index in [1.807, 2.05) is 24.1 Å². The van der Waals surface area contributed by atoms with Crippen LogP contribution in [0.25, 0.3) is 0 Å². The van der Waals surface area contributed by atoms with Crippen molar-refractivity contribution < 1.29 is 4.39 Å². The number of hydrogen-bond acceptors (Lipinski definition) is 2. The Morgan fingerprint density at radius 1 is 1.21 bits per heavy atom. The Labute approximate surface area is 117 Å². The van der Waals surface area contributed by atoms with Crippen LogP contribution >= 0.6 is 0 Å². The minimum Gasteiger partial charge on any atom is -0.369 e. The fourth-order valence-electron chi connectivity index (χ4n) is 2.17. The molecule has 0 saturated carbocycles. The second kappa shape index (κ2) is 6.90. The molecular weight excluding hydrogens is 239 g/mol. The smallest absolute Gasteiger partial charge is 0.146 e. The number of benzene rings is 1. The molecular formula is C16H27FN2. The maximum Gasteiger partial charge on any atom is 0.146 e. The van der Waals surface area contributed by atoms with Crippen molar-refractivity contribution in [2.45, 2.75) is 46.7 Å². The Morgan fingerprint density at radius 2 is 1.84 bits per heavy atom. The van der Waals surface area contributed by atoms with Gasteiger partial charge in [-0.2, -0.15) is 0 Å². The van der Waals surface area contributed by atoms with Crippen molar-refractivity contribution in [1.82, 2.24) is 5.32 Å². The first-order valence-electron chi connectivity index (χ1n) is 7.14. The molecule has 0 aliphatic carbocycles. The molecule has 0 radical (unpaired) electrons. The van der Waals surface area contributed by atoms with E-state index < -0.39 is 0 Å². The van der Waals surface area contributed by atoms with Gasteiger partial charge in [0.05, 0.1) is 5.69 Å². The quantitative estimate of drug-likeness (QED) is 0.838. The van der Waals surface area contributed by atoms with Crippen LogP contribution in [0, 0.1) is 11.7 Å². The third kappa shape index (κ3) is 3.93. The van der Waals surface area contributed by atoms with Crippen LogP contribution in [-0.4, -0.2) is 19.6 Å². The minimum atomic E-state index is -0.141. The van der Waals surface area contributed by atoms with E-state index in [1.165, 1.54) is 0 Å². The SMILES string of the molecule is CCNC(C)c1ccc(N(C)C(C)C(C)C)c(F)c1. The Kier molecular flexibility index (Phi) is 5.80. The Bertz CT molecular complexity index is 404. The normalized spacial score (nSPS) is 14.5. The molecule has 0 fully saturated rings. The average molecular weight is 266 g/mol. The predicted molar refractivity (Wildman–Crippen MR) is 81.2 cm³/mol. The summed E-state index contributed by atoms with van der Waals surface area (Å²) in [7, 11) is 1.95. The Balaban J connectivity index is 2.94. The van der Waals surface area contributed by atoms with Crippen LogP contribution in [0.4, 0.5) is 10.1 Å². The summed E-state index contributed by atoms with van der Waals surface area (Å²) in [5.41, 5.74) is 1.67. The Hall–Kier alpha value is -1.09. The number of nitrogens with one attached hydrogen (secondary N) is 1. The summed E-state index contributed by atoms with van der Waals surface area (Å²) in [5.74, 6) is 0.349. The summed E-state index contributed by atoms with van der Waals surface area (Å²) in [6.07, 6.45) is 0. The van der Waals surface area contributed by atoms with Gasteiger partial charge < -0.3 is 10.2 Å². The van der Waals surface area contributed by atoms with Gasteiger partial charge in [0, 0.05) is 19.1 Å². The zero-order valence-corrected chi connectivity index (χ0v) is 13.0. The van der Waals surface area contributed by atoms with E-state index in [9.17, 15) is 4.39 Å². The molecule has 0 aliphatic heterocycles. The molecule has 0 amide bonds. The van der Waals surface area contributed by atoms with Gasteiger partial charge in [-0.15, -0.1) is 0 Å². The highest BCUT2D eigenvalue weighted by atomic mass is 19.1. The molecule has 19 heavy (non-hydrogen) atoms. The summed E-state index contributed by atoms with van der Waals surface area (Å²) in [5, 5.41) is 3.30. The summed E-state index contributed by atoms with van der Waals surface area (Å²) < 4.78 is 14.3. The van der Waals surface area contributed by atoms with E-state index in [0.29, 0.717) is 17.6 Å². The number of anilines is 1. The van der Waals surface area contributed by atoms with Crippen molar-refractivity contribution in [1.29, 1.82) is 0 Å². The minimum absolute atomic E-state index is 0.141. The molecule has 3 heteroatoms. The second-order valence-electron chi connectivity index (χ2n) is 5.59. The number of hydrogen-bond donors (Lipinski definition) is 1. The largest absolute Gasteiger partial charge is 0.369 e. The number of rotatable bonds is 6. The molecule has 108 valence electrons. The average Bonchev–Trinajstić information content (AvgIpc) is 2.37. The second-order valence-corrected chi connectivity index (χ2v) is 5.59. The highest BCUT2D eigenvalue weighted by Crippen LogP contribution is 2.25. The maximum absolute atomic E-state index is 14.3. The molecule has 0 spiro atoms. The fraction of sp³-hybridized carbons (Fsp3) is 0.625. The molecule has 1 aromatic carbocycles. The van der Waals surface area contributed by atoms with E-state index in [-0.39, 0.29) is 11.9 Å². The lowest BCUT2D eigenvalue weighted by molar-refractivity contribution is 0.496. The first-order chi connectivity index (χ1) is 8.88. The van der Waals surface area contributed by atoms with Crippen LogP contribution in [0.15, 0.2) is 18.2 Å². The molecule has 2 nitrogen and oxygen atoms in total. The van der Waals surface area contributed by atoms with Crippen molar-refractivity contribution >= 4 is 5.69 Å². The van der Waals surface area contributed by atoms with E-state index in [4.69, 9.17) is 0 Å². The van der Waals surface area contributed by atoms with Crippen LogP contribution in [-0.2, 0) is 0 Å². The summed E-state index contributed by atoms with van der Waals surface area (Å²) in [4.78, 5) is 2.02. The van der Waals surface area contributed by atoms with Crippen molar-refractivity contribution in [3.05, 3.63) is 29.6 Å². The maximum atomic E-state index is 14.3. The fourth-order valence-corrected chi connectivity index (χ4v) is 2.17. The van der Waals surface area contributed by atoms with Crippen LogP contribution < -0.4 is 10.2 Å². The summed E-state index contributed by atoms with van der Waals surface area (Å²) in [6, 6.07) is 6.03. The van der Waals surface area contributed by atoms with E-state index in [0.717, 1.165) is 12.1 Å². The van der Waals surface area contributed by atoms with Crippen LogP contribution in [0.3, 0.4) is 0 Å². The highest BCUT2D eigenvalue weighted by molar-refractivity contribution is 5.49. The van der Waals surface area contributed by atoms with Crippen molar-refractivity contribution in [2.24, 2.45) is 5.92 Å². The summed E-state index contributed by atoms with van der Waals surface area (Å²) in [6.45, 7) is 11.4. The van der Waals surface area contributed by atoms with E-state index >= 15 is 0 Å². The van der Waals surface area contributed by atoms with Gasteiger partial charge in [0.25, 0.3) is 0 Å². The van der Waals surface area contributed by atoms with Gasteiger partial charge in [-0.3, -0.25) is 0 Å². The molecule has 0 aliphatic rings. The molecule has 2 unspecified atom stereocenters. The first-order valence-corrected chi connectivity index (χ1v) is 7.14. The molecule has 1 N–H and O–H groups in total. The third-order valence-electron chi connectivity index (χ3n) is 3.94.